The van der Waals surface area contributed by atoms with E-state index in [1.54, 1.807) is 6.33 Å². The average Bonchev–Trinajstić information content (AvgIpc) is 2.65. The normalized spacial score (nSPS) is 19.2. The number of nitrogens with zero attached hydrogens (tertiary/aromatic N) is 4. The Labute approximate surface area is 128 Å². The summed E-state index contributed by atoms with van der Waals surface area (Å²) in [4.78, 5) is 13.4. The van der Waals surface area contributed by atoms with E-state index >= 15 is 0 Å². The molecule has 1 aromatic rings. The molecule has 0 radical (unpaired) electrons. The molecule has 1 aliphatic heterocycles. The molecule has 0 saturated carbocycles. The van der Waals surface area contributed by atoms with Gasteiger partial charge < -0.3 is 15.5 Å². The molecule has 0 aliphatic carbocycles. The maximum absolute atomic E-state index is 5.71. The summed E-state index contributed by atoms with van der Waals surface area (Å²) in [7, 11) is 0. The first-order chi connectivity index (χ1) is 9.20. The molecule has 1 fully saturated rings. The molecule has 2 heterocycles. The smallest absolute Gasteiger partial charge is 0.145 e. The van der Waals surface area contributed by atoms with Gasteiger partial charge >= 0.3 is 0 Å². The van der Waals surface area contributed by atoms with E-state index in [2.05, 4.69) is 49.3 Å². The third-order valence-electron chi connectivity index (χ3n) is 3.51. The van der Waals surface area contributed by atoms with E-state index in [1.165, 1.54) is 6.42 Å². The summed E-state index contributed by atoms with van der Waals surface area (Å²) >= 11 is 2.31. The maximum Gasteiger partial charge on any atom is 0.145 e. The van der Waals surface area contributed by atoms with Gasteiger partial charge in [-0.3, -0.25) is 0 Å². The van der Waals surface area contributed by atoms with Gasteiger partial charge in [0.15, 0.2) is 0 Å². The summed E-state index contributed by atoms with van der Waals surface area (Å²) in [6, 6.07) is 0. The Bertz CT molecular complexity index is 400. The van der Waals surface area contributed by atoms with E-state index in [1.807, 2.05) is 6.20 Å². The molecular formula is C13H22IN5. The lowest BCUT2D eigenvalue weighted by molar-refractivity contribution is 0.255. The molecule has 1 aromatic heterocycles. The van der Waals surface area contributed by atoms with E-state index in [0.29, 0.717) is 5.92 Å². The lowest BCUT2D eigenvalue weighted by Gasteiger charge is -2.24. The molecule has 0 bridgehead atoms. The van der Waals surface area contributed by atoms with Crippen LogP contribution in [-0.4, -0.2) is 54.1 Å². The van der Waals surface area contributed by atoms with Crippen LogP contribution in [0, 0.1) is 9.49 Å². The molecule has 106 valence electrons. The van der Waals surface area contributed by atoms with Gasteiger partial charge in [0.05, 0.1) is 3.57 Å². The first-order valence-corrected chi connectivity index (χ1v) is 7.91. The Morgan fingerprint density at radius 1 is 1.37 bits per heavy atom. The van der Waals surface area contributed by atoms with Gasteiger partial charge in [-0.15, -0.1) is 0 Å². The molecule has 0 amide bonds. The summed E-state index contributed by atoms with van der Waals surface area (Å²) in [5, 5.41) is 0. The van der Waals surface area contributed by atoms with Crippen molar-refractivity contribution in [2.75, 3.05) is 44.2 Å². The van der Waals surface area contributed by atoms with Gasteiger partial charge in [0.1, 0.15) is 12.1 Å². The predicted octanol–water partition coefficient (Wildman–Crippen LogP) is 1.19. The molecule has 0 spiro atoms. The highest BCUT2D eigenvalue weighted by Crippen LogP contribution is 2.19. The van der Waals surface area contributed by atoms with Gasteiger partial charge in [0.2, 0.25) is 0 Å². The van der Waals surface area contributed by atoms with Crippen molar-refractivity contribution < 1.29 is 0 Å². The summed E-state index contributed by atoms with van der Waals surface area (Å²) in [6.45, 7) is 8.43. The van der Waals surface area contributed by atoms with E-state index in [-0.39, 0.29) is 0 Å². The quantitative estimate of drug-likeness (QED) is 0.802. The van der Waals surface area contributed by atoms with Crippen LogP contribution in [0.5, 0.6) is 0 Å². The van der Waals surface area contributed by atoms with Crippen LogP contribution < -0.4 is 10.6 Å². The third kappa shape index (κ3) is 4.25. The highest BCUT2D eigenvalue weighted by molar-refractivity contribution is 14.1. The van der Waals surface area contributed by atoms with E-state index in [9.17, 15) is 0 Å². The average molecular weight is 375 g/mol. The van der Waals surface area contributed by atoms with E-state index < -0.39 is 0 Å². The Balaban J connectivity index is 1.95. The Morgan fingerprint density at radius 2 is 2.21 bits per heavy atom. The van der Waals surface area contributed by atoms with Gasteiger partial charge in [-0.2, -0.15) is 0 Å². The van der Waals surface area contributed by atoms with Gasteiger partial charge in [0.25, 0.3) is 0 Å². The fourth-order valence-corrected chi connectivity index (χ4v) is 3.06. The van der Waals surface area contributed by atoms with Crippen molar-refractivity contribution in [3.63, 3.8) is 0 Å². The minimum atomic E-state index is 0.575. The van der Waals surface area contributed by atoms with Crippen molar-refractivity contribution >= 4 is 28.4 Å². The van der Waals surface area contributed by atoms with Gasteiger partial charge in [-0.05, 0) is 48.0 Å². The Hall–Kier alpha value is -0.470. The van der Waals surface area contributed by atoms with Crippen LogP contribution in [0.1, 0.15) is 13.3 Å². The second-order valence-corrected chi connectivity index (χ2v) is 6.34. The zero-order valence-corrected chi connectivity index (χ0v) is 13.6. The molecule has 5 nitrogen and oxygen atoms in total. The molecule has 19 heavy (non-hydrogen) atoms. The highest BCUT2D eigenvalue weighted by atomic mass is 127. The first-order valence-electron chi connectivity index (χ1n) is 6.83. The molecule has 0 aromatic carbocycles. The van der Waals surface area contributed by atoms with E-state index in [4.69, 9.17) is 5.73 Å². The SMILES string of the molecule is CC(CN)CN1CCCN(c2ncncc2I)CC1. The molecule has 1 unspecified atom stereocenters. The summed E-state index contributed by atoms with van der Waals surface area (Å²) in [5.74, 6) is 1.65. The second-order valence-electron chi connectivity index (χ2n) is 5.18. The minimum Gasteiger partial charge on any atom is -0.354 e. The predicted molar refractivity (Wildman–Crippen MR) is 86.2 cm³/mol. The fourth-order valence-electron chi connectivity index (χ4n) is 2.42. The van der Waals surface area contributed by atoms with Crippen LogP contribution in [0.3, 0.4) is 0 Å². The lowest BCUT2D eigenvalue weighted by Crippen LogP contribution is -2.35. The van der Waals surface area contributed by atoms with Crippen LogP contribution in [0.15, 0.2) is 12.5 Å². The number of anilines is 1. The topological polar surface area (TPSA) is 58.3 Å². The van der Waals surface area contributed by atoms with Crippen molar-refractivity contribution in [1.82, 2.24) is 14.9 Å². The Kier molecular flexibility index (Phi) is 5.77. The largest absolute Gasteiger partial charge is 0.354 e. The highest BCUT2D eigenvalue weighted by Gasteiger charge is 2.18. The number of nitrogens with two attached hydrogens (primary N) is 1. The molecule has 2 N–H and O–H groups in total. The summed E-state index contributed by atoms with van der Waals surface area (Å²) in [6.07, 6.45) is 4.69. The number of halogens is 1. The monoisotopic (exact) mass is 375 g/mol. The number of rotatable bonds is 4. The molecule has 1 saturated heterocycles. The fraction of sp³-hybridized carbons (Fsp3) is 0.692. The minimum absolute atomic E-state index is 0.575. The third-order valence-corrected chi connectivity index (χ3v) is 4.27. The number of hydrogen-bond donors (Lipinski definition) is 1. The number of aromatic nitrogens is 2. The molecule has 6 heteroatoms. The van der Waals surface area contributed by atoms with E-state index in [0.717, 1.165) is 48.7 Å². The standard InChI is InChI=1S/C13H22IN5/c1-11(7-15)9-18-3-2-4-19(6-5-18)13-12(14)8-16-10-17-13/h8,10-11H,2-7,9,15H2,1H3. The summed E-state index contributed by atoms with van der Waals surface area (Å²) in [5.41, 5.74) is 5.71. The zero-order valence-electron chi connectivity index (χ0n) is 11.4. The lowest BCUT2D eigenvalue weighted by atomic mass is 10.1. The molecule has 1 aliphatic rings. The van der Waals surface area contributed by atoms with Crippen LogP contribution in [0.2, 0.25) is 0 Å². The van der Waals surface area contributed by atoms with Crippen LogP contribution >= 0.6 is 22.6 Å². The Morgan fingerprint density at radius 3 is 2.95 bits per heavy atom. The zero-order chi connectivity index (χ0) is 13.7. The molecular weight excluding hydrogens is 353 g/mol. The summed E-state index contributed by atoms with van der Waals surface area (Å²) < 4.78 is 1.13. The van der Waals surface area contributed by atoms with Crippen molar-refractivity contribution in [1.29, 1.82) is 0 Å². The van der Waals surface area contributed by atoms with Gasteiger partial charge in [-0.1, -0.05) is 6.92 Å². The molecule has 2 rings (SSSR count). The molecule has 1 atom stereocenters. The van der Waals surface area contributed by atoms with Crippen molar-refractivity contribution in [3.05, 3.63) is 16.1 Å². The van der Waals surface area contributed by atoms with Gasteiger partial charge in [0, 0.05) is 32.4 Å². The second kappa shape index (κ2) is 7.35. The van der Waals surface area contributed by atoms with Crippen LogP contribution in [0.25, 0.3) is 0 Å². The van der Waals surface area contributed by atoms with Crippen LogP contribution in [-0.2, 0) is 0 Å². The van der Waals surface area contributed by atoms with Crippen LogP contribution in [0.4, 0.5) is 5.82 Å². The van der Waals surface area contributed by atoms with Crippen molar-refractivity contribution in [3.8, 4) is 0 Å². The van der Waals surface area contributed by atoms with Gasteiger partial charge in [-0.25, -0.2) is 9.97 Å². The van der Waals surface area contributed by atoms with Crippen molar-refractivity contribution in [2.24, 2.45) is 11.7 Å². The first kappa shape index (κ1) is 14.9. The number of hydrogen-bond acceptors (Lipinski definition) is 5. The van der Waals surface area contributed by atoms with Crippen molar-refractivity contribution in [2.45, 2.75) is 13.3 Å². The maximum atomic E-state index is 5.71.